The van der Waals surface area contributed by atoms with E-state index >= 15 is 0 Å². The third kappa shape index (κ3) is 1.34. The van der Waals surface area contributed by atoms with Crippen LogP contribution >= 0.6 is 11.6 Å². The van der Waals surface area contributed by atoms with Crippen LogP contribution in [0, 0.1) is 5.82 Å². The normalized spacial score (nSPS) is 17.9. The fourth-order valence-electron chi connectivity index (χ4n) is 1.76. The molecule has 0 radical (unpaired) electrons. The summed E-state index contributed by atoms with van der Waals surface area (Å²) in [5.41, 5.74) is 0.345. The van der Waals surface area contributed by atoms with E-state index in [2.05, 4.69) is 0 Å². The minimum absolute atomic E-state index is 0.105. The van der Waals surface area contributed by atoms with E-state index in [0.29, 0.717) is 0 Å². The molecule has 0 aromatic heterocycles. The number of halogens is 2. The molecule has 0 atom stereocenters. The van der Waals surface area contributed by atoms with Crippen molar-refractivity contribution >= 4 is 17.4 Å². The highest BCUT2D eigenvalue weighted by Crippen LogP contribution is 2.49. The summed E-state index contributed by atoms with van der Waals surface area (Å²) in [6, 6.07) is 4.62. The molecular weight excluding hydrogens is 203 g/mol. The van der Waals surface area contributed by atoms with Gasteiger partial charge in [-0.2, -0.15) is 0 Å². The van der Waals surface area contributed by atoms with E-state index < -0.39 is 11.2 Å². The van der Waals surface area contributed by atoms with Crippen molar-refractivity contribution in [3.05, 3.63) is 34.6 Å². The van der Waals surface area contributed by atoms with Gasteiger partial charge in [-0.3, -0.25) is 4.79 Å². The lowest BCUT2D eigenvalue weighted by Crippen LogP contribution is -2.16. The molecule has 0 saturated heterocycles. The van der Waals surface area contributed by atoms with Gasteiger partial charge in [0.05, 0.1) is 10.4 Å². The van der Waals surface area contributed by atoms with Gasteiger partial charge in [-0.05, 0) is 37.5 Å². The zero-order chi connectivity index (χ0) is 10.3. The fraction of sp³-hybridized carbons (Fsp3) is 0.364. The number of hydrogen-bond donors (Lipinski definition) is 0. The molecule has 0 aliphatic heterocycles. The van der Waals surface area contributed by atoms with E-state index in [1.54, 1.807) is 13.0 Å². The molecule has 0 N–H and O–H groups in total. The first-order chi connectivity index (χ1) is 6.56. The van der Waals surface area contributed by atoms with Crippen LogP contribution in [0.25, 0.3) is 0 Å². The summed E-state index contributed by atoms with van der Waals surface area (Å²) in [5.74, 6) is -0.337. The maximum atomic E-state index is 13.2. The van der Waals surface area contributed by atoms with Gasteiger partial charge >= 0.3 is 0 Å². The first kappa shape index (κ1) is 9.66. The molecule has 14 heavy (non-hydrogen) atoms. The lowest BCUT2D eigenvalue weighted by Gasteiger charge is -2.11. The molecule has 1 aliphatic rings. The van der Waals surface area contributed by atoms with E-state index in [1.165, 1.54) is 12.1 Å². The van der Waals surface area contributed by atoms with Crippen LogP contribution in [0.3, 0.4) is 0 Å². The minimum Gasteiger partial charge on any atom is -0.299 e. The van der Waals surface area contributed by atoms with E-state index in [-0.39, 0.29) is 10.8 Å². The standard InChI is InChI=1S/C11H10ClFO/c1-7(14)11(4-5-11)8-2-3-9(12)10(13)6-8/h2-3,6H,4-5H2,1H3. The van der Waals surface area contributed by atoms with Crippen LogP contribution in [0.5, 0.6) is 0 Å². The highest BCUT2D eigenvalue weighted by atomic mass is 35.5. The molecule has 1 nitrogen and oxygen atoms in total. The first-order valence-corrected chi connectivity index (χ1v) is 4.91. The molecule has 1 fully saturated rings. The van der Waals surface area contributed by atoms with Gasteiger partial charge in [0.25, 0.3) is 0 Å². The Hall–Kier alpha value is -0.890. The number of carbonyl (C=O) groups is 1. The zero-order valence-corrected chi connectivity index (χ0v) is 8.57. The summed E-state index contributed by atoms with van der Waals surface area (Å²) in [6.45, 7) is 1.56. The first-order valence-electron chi connectivity index (χ1n) is 4.53. The Morgan fingerprint density at radius 1 is 1.50 bits per heavy atom. The fourth-order valence-corrected chi connectivity index (χ4v) is 1.88. The lowest BCUT2D eigenvalue weighted by molar-refractivity contribution is -0.119. The molecule has 1 aliphatic carbocycles. The quantitative estimate of drug-likeness (QED) is 0.736. The molecule has 3 heteroatoms. The second-order valence-electron chi connectivity index (χ2n) is 3.77. The third-order valence-corrected chi connectivity index (χ3v) is 3.20. The monoisotopic (exact) mass is 212 g/mol. The van der Waals surface area contributed by atoms with E-state index in [0.717, 1.165) is 18.4 Å². The Balaban J connectivity index is 2.43. The van der Waals surface area contributed by atoms with E-state index in [1.807, 2.05) is 0 Å². The van der Waals surface area contributed by atoms with Crippen molar-refractivity contribution in [2.75, 3.05) is 0 Å². The van der Waals surface area contributed by atoms with Crippen LogP contribution in [0.15, 0.2) is 18.2 Å². The van der Waals surface area contributed by atoms with Crippen LogP contribution < -0.4 is 0 Å². The number of carbonyl (C=O) groups excluding carboxylic acids is 1. The molecule has 0 spiro atoms. The molecule has 0 amide bonds. The maximum absolute atomic E-state index is 13.2. The summed E-state index contributed by atoms with van der Waals surface area (Å²) in [6.07, 6.45) is 1.65. The van der Waals surface area contributed by atoms with Gasteiger partial charge in [0.15, 0.2) is 0 Å². The Morgan fingerprint density at radius 3 is 2.57 bits per heavy atom. The Kier molecular flexibility index (Phi) is 2.11. The molecule has 1 aromatic carbocycles. The second kappa shape index (κ2) is 3.06. The molecule has 1 saturated carbocycles. The molecule has 1 aromatic rings. The Bertz CT molecular complexity index is 396. The van der Waals surface area contributed by atoms with Gasteiger partial charge in [0, 0.05) is 0 Å². The van der Waals surface area contributed by atoms with Crippen LogP contribution in [0.2, 0.25) is 5.02 Å². The third-order valence-electron chi connectivity index (χ3n) is 2.90. The summed E-state index contributed by atoms with van der Waals surface area (Å²) >= 11 is 5.57. The maximum Gasteiger partial charge on any atom is 0.142 e. The highest BCUT2D eigenvalue weighted by Gasteiger charge is 2.48. The van der Waals surface area contributed by atoms with E-state index in [9.17, 15) is 9.18 Å². The number of ketones is 1. The van der Waals surface area contributed by atoms with Crippen molar-refractivity contribution in [2.45, 2.75) is 25.2 Å². The average Bonchev–Trinajstić information content (AvgIpc) is 2.90. The summed E-state index contributed by atoms with van der Waals surface area (Å²) in [4.78, 5) is 11.4. The number of Topliss-reactive ketones (excluding diaryl/α,β-unsaturated/α-hetero) is 1. The molecular formula is C11H10ClFO. The van der Waals surface area contributed by atoms with Crippen LogP contribution in [0.4, 0.5) is 4.39 Å². The molecule has 2 rings (SSSR count). The van der Waals surface area contributed by atoms with Crippen LogP contribution in [0.1, 0.15) is 25.3 Å². The predicted octanol–water partition coefficient (Wildman–Crippen LogP) is 3.10. The number of benzene rings is 1. The summed E-state index contributed by atoms with van der Waals surface area (Å²) in [7, 11) is 0. The summed E-state index contributed by atoms with van der Waals surface area (Å²) in [5, 5.41) is 0.105. The smallest absolute Gasteiger partial charge is 0.142 e. The van der Waals surface area contributed by atoms with Gasteiger partial charge in [0.1, 0.15) is 11.6 Å². The van der Waals surface area contributed by atoms with Gasteiger partial charge in [0.2, 0.25) is 0 Å². The largest absolute Gasteiger partial charge is 0.299 e. The van der Waals surface area contributed by atoms with Crippen molar-refractivity contribution in [2.24, 2.45) is 0 Å². The van der Waals surface area contributed by atoms with Crippen LogP contribution in [-0.4, -0.2) is 5.78 Å². The summed E-state index contributed by atoms with van der Waals surface area (Å²) < 4.78 is 13.2. The molecule has 74 valence electrons. The van der Waals surface area contributed by atoms with Gasteiger partial charge in [-0.25, -0.2) is 4.39 Å². The van der Waals surface area contributed by atoms with Crippen molar-refractivity contribution in [1.82, 2.24) is 0 Å². The number of rotatable bonds is 2. The van der Waals surface area contributed by atoms with Crippen molar-refractivity contribution in [3.8, 4) is 0 Å². The Labute approximate surface area is 86.9 Å². The second-order valence-corrected chi connectivity index (χ2v) is 4.17. The molecule has 0 unspecified atom stereocenters. The van der Waals surface area contributed by atoms with Crippen molar-refractivity contribution in [1.29, 1.82) is 0 Å². The van der Waals surface area contributed by atoms with Gasteiger partial charge in [-0.1, -0.05) is 17.7 Å². The van der Waals surface area contributed by atoms with Crippen molar-refractivity contribution in [3.63, 3.8) is 0 Å². The topological polar surface area (TPSA) is 17.1 Å². The van der Waals surface area contributed by atoms with Crippen LogP contribution in [-0.2, 0) is 10.2 Å². The minimum atomic E-state index is -0.448. The zero-order valence-electron chi connectivity index (χ0n) is 7.81. The Morgan fingerprint density at radius 2 is 2.14 bits per heavy atom. The van der Waals surface area contributed by atoms with Crippen molar-refractivity contribution < 1.29 is 9.18 Å². The predicted molar refractivity (Wildman–Crippen MR) is 53.0 cm³/mol. The van der Waals surface area contributed by atoms with Gasteiger partial charge in [-0.15, -0.1) is 0 Å². The number of hydrogen-bond acceptors (Lipinski definition) is 1. The lowest BCUT2D eigenvalue weighted by atomic mass is 9.92. The van der Waals surface area contributed by atoms with Gasteiger partial charge < -0.3 is 0 Å². The van der Waals surface area contributed by atoms with E-state index in [4.69, 9.17) is 11.6 Å². The average molecular weight is 213 g/mol. The SMILES string of the molecule is CC(=O)C1(c2ccc(Cl)c(F)c2)CC1. The molecule has 0 bridgehead atoms. The highest BCUT2D eigenvalue weighted by molar-refractivity contribution is 6.30. The molecule has 0 heterocycles.